The summed E-state index contributed by atoms with van der Waals surface area (Å²) in [5.41, 5.74) is 4.56. The molecule has 14 heteroatoms. The highest BCUT2D eigenvalue weighted by molar-refractivity contribution is 5.89. The Kier molecular flexibility index (Phi) is 10.3. The standard InChI is InChI=1S/C23H30F9NO4/c1-18(2,3)11-36-13-19(4,14-37-17(34)15-5-7-16(33)8-6-15)12-35-10-9-20(24,25)21(26,27)22(28,29)23(30,31)32/h5-8H,9-14,33H2,1-4H3. The van der Waals surface area contributed by atoms with Crippen molar-refractivity contribution in [3.63, 3.8) is 0 Å². The second-order valence-electron chi connectivity index (χ2n) is 10.2. The Morgan fingerprint density at radius 2 is 1.27 bits per heavy atom. The third-order valence-corrected chi connectivity index (χ3v) is 4.90. The van der Waals surface area contributed by atoms with Gasteiger partial charge in [0, 0.05) is 17.5 Å². The van der Waals surface area contributed by atoms with Gasteiger partial charge in [0.05, 0.1) is 32.0 Å². The average Bonchev–Trinajstić information content (AvgIpc) is 2.74. The average molecular weight is 555 g/mol. The predicted octanol–water partition coefficient (Wildman–Crippen LogP) is 6.37. The van der Waals surface area contributed by atoms with Crippen molar-refractivity contribution in [3.05, 3.63) is 29.8 Å². The van der Waals surface area contributed by atoms with Crippen LogP contribution in [0.15, 0.2) is 24.3 Å². The summed E-state index contributed by atoms with van der Waals surface area (Å²) in [6.45, 7) is 4.84. The van der Waals surface area contributed by atoms with E-state index < -0.39 is 55.0 Å². The summed E-state index contributed by atoms with van der Waals surface area (Å²) in [4.78, 5) is 12.3. The Labute approximate surface area is 208 Å². The molecule has 0 saturated heterocycles. The highest BCUT2D eigenvalue weighted by Gasteiger charge is 2.81. The smallest absolute Gasteiger partial charge is 0.460 e. The molecule has 0 aromatic heterocycles. The van der Waals surface area contributed by atoms with E-state index in [1.165, 1.54) is 31.2 Å². The number of carbonyl (C=O) groups is 1. The number of nitrogen functional groups attached to an aromatic ring is 1. The van der Waals surface area contributed by atoms with Crippen LogP contribution in [-0.2, 0) is 14.2 Å². The zero-order valence-electron chi connectivity index (χ0n) is 20.7. The summed E-state index contributed by atoms with van der Waals surface area (Å²) in [7, 11) is 0. The molecule has 0 heterocycles. The maximum absolute atomic E-state index is 13.7. The fraction of sp³-hybridized carbons (Fsp3) is 0.696. The molecule has 0 aliphatic rings. The van der Waals surface area contributed by atoms with E-state index >= 15 is 0 Å². The van der Waals surface area contributed by atoms with E-state index in [0.29, 0.717) is 5.69 Å². The van der Waals surface area contributed by atoms with Crippen molar-refractivity contribution in [2.45, 2.75) is 58.1 Å². The number of anilines is 1. The molecule has 1 aromatic carbocycles. The number of benzene rings is 1. The largest absolute Gasteiger partial charge is 0.461 e. The number of hydrogen-bond donors (Lipinski definition) is 1. The Hall–Kier alpha value is -2.22. The molecule has 0 aliphatic heterocycles. The monoisotopic (exact) mass is 555 g/mol. The van der Waals surface area contributed by atoms with E-state index in [9.17, 15) is 44.3 Å². The van der Waals surface area contributed by atoms with Gasteiger partial charge in [0.2, 0.25) is 0 Å². The van der Waals surface area contributed by atoms with Crippen molar-refractivity contribution < 1.29 is 58.5 Å². The van der Waals surface area contributed by atoms with Crippen LogP contribution < -0.4 is 5.73 Å². The molecule has 0 bridgehead atoms. The second kappa shape index (κ2) is 11.7. The lowest BCUT2D eigenvalue weighted by molar-refractivity contribution is -0.397. The zero-order chi connectivity index (χ0) is 28.9. The number of esters is 1. The van der Waals surface area contributed by atoms with Crippen molar-refractivity contribution in [3.8, 4) is 0 Å². The first kappa shape index (κ1) is 32.8. The van der Waals surface area contributed by atoms with Gasteiger partial charge in [-0.25, -0.2) is 4.79 Å². The highest BCUT2D eigenvalue weighted by Crippen LogP contribution is 2.54. The minimum atomic E-state index is -6.96. The number of ether oxygens (including phenoxy) is 3. The van der Waals surface area contributed by atoms with E-state index in [1.807, 2.05) is 20.8 Å². The fourth-order valence-corrected chi connectivity index (χ4v) is 2.75. The van der Waals surface area contributed by atoms with Gasteiger partial charge in [-0.05, 0) is 29.7 Å². The summed E-state index contributed by atoms with van der Waals surface area (Å²) in [6.07, 6.45) is -9.02. The fourth-order valence-electron chi connectivity index (χ4n) is 2.75. The van der Waals surface area contributed by atoms with Gasteiger partial charge in [0.25, 0.3) is 0 Å². The molecule has 0 saturated carbocycles. The second-order valence-corrected chi connectivity index (χ2v) is 10.2. The molecule has 1 unspecified atom stereocenters. The Morgan fingerprint density at radius 1 is 0.757 bits per heavy atom. The first-order chi connectivity index (χ1) is 16.5. The molecule has 5 nitrogen and oxygen atoms in total. The summed E-state index contributed by atoms with van der Waals surface area (Å²) >= 11 is 0. The molecule has 2 N–H and O–H groups in total. The van der Waals surface area contributed by atoms with Crippen LogP contribution in [0.1, 0.15) is 44.5 Å². The predicted molar refractivity (Wildman–Crippen MR) is 116 cm³/mol. The van der Waals surface area contributed by atoms with Crippen LogP contribution in [0, 0.1) is 10.8 Å². The summed E-state index contributed by atoms with van der Waals surface area (Å²) < 4.78 is 133. The molecule has 0 aliphatic carbocycles. The lowest BCUT2D eigenvalue weighted by Gasteiger charge is -2.34. The third kappa shape index (κ3) is 8.94. The number of rotatable bonds is 13. The van der Waals surface area contributed by atoms with Gasteiger partial charge in [0.15, 0.2) is 0 Å². The zero-order valence-corrected chi connectivity index (χ0v) is 20.7. The van der Waals surface area contributed by atoms with Crippen molar-refractivity contribution in [2.75, 3.05) is 38.8 Å². The van der Waals surface area contributed by atoms with Gasteiger partial charge in [-0.3, -0.25) is 0 Å². The van der Waals surface area contributed by atoms with Crippen LogP contribution in [0.25, 0.3) is 0 Å². The number of halogens is 9. The van der Waals surface area contributed by atoms with E-state index in [-0.39, 0.29) is 30.8 Å². The van der Waals surface area contributed by atoms with Gasteiger partial charge < -0.3 is 19.9 Å². The van der Waals surface area contributed by atoms with Crippen molar-refractivity contribution >= 4 is 11.7 Å². The summed E-state index contributed by atoms with van der Waals surface area (Å²) in [5.74, 6) is -20.2. The molecular weight excluding hydrogens is 525 g/mol. The molecule has 37 heavy (non-hydrogen) atoms. The lowest BCUT2D eigenvalue weighted by Crippen LogP contribution is -2.61. The number of nitrogens with two attached hydrogens (primary N) is 1. The Balaban J connectivity index is 2.85. The maximum atomic E-state index is 13.7. The van der Waals surface area contributed by atoms with Gasteiger partial charge >= 0.3 is 29.9 Å². The molecule has 1 rings (SSSR count). The van der Waals surface area contributed by atoms with Gasteiger partial charge in [0.1, 0.15) is 6.61 Å². The van der Waals surface area contributed by atoms with Crippen LogP contribution in [0.4, 0.5) is 45.2 Å². The normalized spacial score (nSPS) is 15.4. The van der Waals surface area contributed by atoms with Crippen LogP contribution >= 0.6 is 0 Å². The number of hydrogen-bond acceptors (Lipinski definition) is 5. The number of carbonyl (C=O) groups excluding carboxylic acids is 1. The molecule has 0 spiro atoms. The quantitative estimate of drug-likeness (QED) is 0.133. The topological polar surface area (TPSA) is 70.8 Å². The summed E-state index contributed by atoms with van der Waals surface area (Å²) in [5, 5.41) is 0. The van der Waals surface area contributed by atoms with Gasteiger partial charge in [-0.2, -0.15) is 39.5 Å². The van der Waals surface area contributed by atoms with Crippen LogP contribution in [0.5, 0.6) is 0 Å². The molecule has 0 fully saturated rings. The van der Waals surface area contributed by atoms with E-state index in [0.717, 1.165) is 0 Å². The SMILES string of the molecule is CC(C)(C)COCC(C)(COCCC(F)(F)C(F)(F)C(F)(F)C(F)(F)F)COC(=O)c1ccc(N)cc1. The van der Waals surface area contributed by atoms with Gasteiger partial charge in [-0.1, -0.05) is 27.7 Å². The first-order valence-corrected chi connectivity index (χ1v) is 10.9. The minimum Gasteiger partial charge on any atom is -0.461 e. The molecular formula is C23H30F9NO4. The van der Waals surface area contributed by atoms with E-state index in [2.05, 4.69) is 0 Å². The Bertz CT molecular complexity index is 884. The first-order valence-electron chi connectivity index (χ1n) is 10.9. The van der Waals surface area contributed by atoms with Crippen LogP contribution in [0.2, 0.25) is 0 Å². The molecule has 1 aromatic rings. The van der Waals surface area contributed by atoms with Crippen molar-refractivity contribution in [2.24, 2.45) is 10.8 Å². The van der Waals surface area contributed by atoms with Crippen molar-refractivity contribution in [1.29, 1.82) is 0 Å². The minimum absolute atomic E-state index is 0.139. The lowest BCUT2D eigenvalue weighted by atomic mass is 9.93. The number of alkyl halides is 9. The molecule has 0 radical (unpaired) electrons. The van der Waals surface area contributed by atoms with Crippen LogP contribution in [0.3, 0.4) is 0 Å². The van der Waals surface area contributed by atoms with Crippen LogP contribution in [-0.4, -0.2) is 62.9 Å². The highest BCUT2D eigenvalue weighted by atomic mass is 19.4. The van der Waals surface area contributed by atoms with Gasteiger partial charge in [-0.15, -0.1) is 0 Å². The third-order valence-electron chi connectivity index (χ3n) is 4.90. The van der Waals surface area contributed by atoms with Crippen molar-refractivity contribution in [1.82, 2.24) is 0 Å². The van der Waals surface area contributed by atoms with E-state index in [4.69, 9.17) is 19.9 Å². The summed E-state index contributed by atoms with van der Waals surface area (Å²) in [6, 6.07) is 5.68. The molecule has 214 valence electrons. The maximum Gasteiger partial charge on any atom is 0.460 e. The molecule has 0 amide bonds. The Morgan fingerprint density at radius 3 is 1.76 bits per heavy atom. The molecule has 1 atom stereocenters. The van der Waals surface area contributed by atoms with E-state index in [1.54, 1.807) is 0 Å².